The predicted molar refractivity (Wildman–Crippen MR) is 113 cm³/mol. The number of nitro benzene ring substituents is 1. The van der Waals surface area contributed by atoms with Gasteiger partial charge in [0.25, 0.3) is 5.69 Å². The second-order valence-electron chi connectivity index (χ2n) is 6.52. The SMILES string of the molecule is COc1ccc(OC)c(NC(=O)C(C)N(c2cc([N+](=O)[O-])ccc2C)S(C)(=O)=O)c1. The Morgan fingerprint density at radius 2 is 1.83 bits per heavy atom. The maximum Gasteiger partial charge on any atom is 0.271 e. The van der Waals surface area contributed by atoms with Crippen molar-refractivity contribution in [1.29, 1.82) is 0 Å². The van der Waals surface area contributed by atoms with E-state index >= 15 is 0 Å². The van der Waals surface area contributed by atoms with Crippen LogP contribution in [0.25, 0.3) is 0 Å². The molecule has 0 heterocycles. The summed E-state index contributed by atoms with van der Waals surface area (Å²) >= 11 is 0. The number of amides is 1. The van der Waals surface area contributed by atoms with Crippen LogP contribution in [0.2, 0.25) is 0 Å². The molecule has 30 heavy (non-hydrogen) atoms. The molecular formula is C19H23N3O7S. The summed E-state index contributed by atoms with van der Waals surface area (Å²) < 4.78 is 36.3. The summed E-state index contributed by atoms with van der Waals surface area (Å²) in [6.07, 6.45) is 0.932. The number of rotatable bonds is 8. The zero-order valence-electron chi connectivity index (χ0n) is 17.2. The van der Waals surface area contributed by atoms with Crippen LogP contribution in [0.5, 0.6) is 11.5 Å². The standard InChI is InChI=1S/C19H23N3O7S/c1-12-6-7-14(22(24)25)10-17(12)21(30(5,26)27)13(2)19(23)20-16-11-15(28-3)8-9-18(16)29-4/h6-11,13H,1-5H3,(H,20,23). The van der Waals surface area contributed by atoms with Crippen molar-refractivity contribution >= 4 is 33.0 Å². The summed E-state index contributed by atoms with van der Waals surface area (Å²) in [5.74, 6) is 0.167. The van der Waals surface area contributed by atoms with Crippen molar-refractivity contribution in [2.24, 2.45) is 0 Å². The number of methoxy groups -OCH3 is 2. The number of hydrogen-bond acceptors (Lipinski definition) is 7. The lowest BCUT2D eigenvalue weighted by Crippen LogP contribution is -2.45. The monoisotopic (exact) mass is 437 g/mol. The molecule has 0 radical (unpaired) electrons. The van der Waals surface area contributed by atoms with E-state index in [1.54, 1.807) is 19.1 Å². The number of nitrogens with one attached hydrogen (secondary N) is 1. The van der Waals surface area contributed by atoms with E-state index < -0.39 is 26.9 Å². The topological polar surface area (TPSA) is 128 Å². The fourth-order valence-electron chi connectivity index (χ4n) is 2.88. The summed E-state index contributed by atoms with van der Waals surface area (Å²) in [5.41, 5.74) is 0.515. The Bertz CT molecular complexity index is 1070. The molecule has 0 aliphatic heterocycles. The van der Waals surface area contributed by atoms with Gasteiger partial charge in [0, 0.05) is 18.2 Å². The van der Waals surface area contributed by atoms with Crippen molar-refractivity contribution in [3.05, 3.63) is 52.1 Å². The van der Waals surface area contributed by atoms with Crippen LogP contribution in [0, 0.1) is 17.0 Å². The fraction of sp³-hybridized carbons (Fsp3) is 0.316. The first-order valence-electron chi connectivity index (χ1n) is 8.77. The first-order chi connectivity index (χ1) is 14.0. The van der Waals surface area contributed by atoms with Crippen LogP contribution in [-0.4, -0.2) is 45.8 Å². The smallest absolute Gasteiger partial charge is 0.271 e. The van der Waals surface area contributed by atoms with Gasteiger partial charge in [0.15, 0.2) is 0 Å². The van der Waals surface area contributed by atoms with Crippen LogP contribution >= 0.6 is 0 Å². The van der Waals surface area contributed by atoms with Gasteiger partial charge in [-0.05, 0) is 31.5 Å². The molecule has 1 unspecified atom stereocenters. The highest BCUT2D eigenvalue weighted by atomic mass is 32.2. The van der Waals surface area contributed by atoms with Crippen molar-refractivity contribution in [3.8, 4) is 11.5 Å². The van der Waals surface area contributed by atoms with E-state index in [4.69, 9.17) is 9.47 Å². The lowest BCUT2D eigenvalue weighted by atomic mass is 10.1. The number of carbonyl (C=O) groups is 1. The zero-order valence-corrected chi connectivity index (χ0v) is 18.0. The van der Waals surface area contributed by atoms with E-state index in [1.807, 2.05) is 0 Å². The van der Waals surface area contributed by atoms with Crippen LogP contribution in [0.3, 0.4) is 0 Å². The number of non-ortho nitro benzene ring substituents is 1. The number of anilines is 2. The molecule has 0 saturated carbocycles. The number of nitrogens with zero attached hydrogens (tertiary/aromatic N) is 2. The molecule has 11 heteroatoms. The molecule has 0 bridgehead atoms. The first kappa shape index (κ1) is 22.9. The molecule has 162 valence electrons. The first-order valence-corrected chi connectivity index (χ1v) is 10.6. The highest BCUT2D eigenvalue weighted by Crippen LogP contribution is 2.32. The van der Waals surface area contributed by atoms with Gasteiger partial charge in [0.1, 0.15) is 17.5 Å². The molecule has 0 aliphatic rings. The van der Waals surface area contributed by atoms with Gasteiger partial charge in [-0.25, -0.2) is 8.42 Å². The van der Waals surface area contributed by atoms with Crippen molar-refractivity contribution in [2.75, 3.05) is 30.1 Å². The molecular weight excluding hydrogens is 414 g/mol. The lowest BCUT2D eigenvalue weighted by Gasteiger charge is -2.29. The average Bonchev–Trinajstić information content (AvgIpc) is 2.68. The zero-order chi connectivity index (χ0) is 22.6. The van der Waals surface area contributed by atoms with Crippen molar-refractivity contribution in [3.63, 3.8) is 0 Å². The van der Waals surface area contributed by atoms with Gasteiger partial charge in [-0.3, -0.25) is 19.2 Å². The molecule has 1 N–H and O–H groups in total. The fourth-order valence-corrected chi connectivity index (χ4v) is 4.10. The third-order valence-corrected chi connectivity index (χ3v) is 5.62. The minimum atomic E-state index is -3.95. The third-order valence-electron chi connectivity index (χ3n) is 4.39. The van der Waals surface area contributed by atoms with Gasteiger partial charge in [0.05, 0.1) is 36.8 Å². The molecule has 0 spiro atoms. The second kappa shape index (κ2) is 8.99. The Labute approximate surface area is 174 Å². The van der Waals surface area contributed by atoms with Gasteiger partial charge >= 0.3 is 0 Å². The number of aryl methyl sites for hydroxylation is 1. The summed E-state index contributed by atoms with van der Waals surface area (Å²) in [7, 11) is -1.06. The van der Waals surface area contributed by atoms with Gasteiger partial charge in [-0.1, -0.05) is 6.07 Å². The quantitative estimate of drug-likeness (QED) is 0.497. The third kappa shape index (κ3) is 4.98. The largest absolute Gasteiger partial charge is 0.497 e. The Morgan fingerprint density at radius 1 is 1.17 bits per heavy atom. The molecule has 0 aliphatic carbocycles. The Morgan fingerprint density at radius 3 is 2.37 bits per heavy atom. The summed E-state index contributed by atoms with van der Waals surface area (Å²) in [6, 6.07) is 7.40. The van der Waals surface area contributed by atoms with Gasteiger partial charge < -0.3 is 14.8 Å². The molecule has 0 saturated heterocycles. The van der Waals surface area contributed by atoms with Gasteiger partial charge in [-0.15, -0.1) is 0 Å². The van der Waals surface area contributed by atoms with E-state index in [2.05, 4.69) is 5.32 Å². The second-order valence-corrected chi connectivity index (χ2v) is 8.38. The van der Waals surface area contributed by atoms with Crippen LogP contribution in [0.1, 0.15) is 12.5 Å². The number of sulfonamides is 1. The number of nitro groups is 1. The minimum absolute atomic E-state index is 0.0481. The summed E-state index contributed by atoms with van der Waals surface area (Å²) in [4.78, 5) is 23.4. The molecule has 10 nitrogen and oxygen atoms in total. The number of hydrogen-bond donors (Lipinski definition) is 1. The van der Waals surface area contributed by atoms with Crippen molar-refractivity contribution in [2.45, 2.75) is 19.9 Å². The molecule has 2 aromatic carbocycles. The molecule has 0 aromatic heterocycles. The van der Waals surface area contributed by atoms with E-state index in [0.717, 1.165) is 16.6 Å². The predicted octanol–water partition coefficient (Wildman–Crippen LogP) is 2.71. The Balaban J connectivity index is 2.47. The van der Waals surface area contributed by atoms with Crippen molar-refractivity contribution < 1.29 is 27.6 Å². The molecule has 0 fully saturated rings. The minimum Gasteiger partial charge on any atom is -0.497 e. The molecule has 1 atom stereocenters. The van der Waals surface area contributed by atoms with E-state index in [-0.39, 0.29) is 17.1 Å². The number of carbonyl (C=O) groups excluding carboxylic acids is 1. The highest BCUT2D eigenvalue weighted by Gasteiger charge is 2.31. The maximum absolute atomic E-state index is 12.9. The van der Waals surface area contributed by atoms with Crippen LogP contribution in [0.4, 0.5) is 17.1 Å². The Kier molecular flexibility index (Phi) is 6.88. The Hall–Kier alpha value is -3.34. The van der Waals surface area contributed by atoms with Gasteiger partial charge in [-0.2, -0.15) is 0 Å². The van der Waals surface area contributed by atoms with Crippen LogP contribution < -0.4 is 19.1 Å². The highest BCUT2D eigenvalue weighted by molar-refractivity contribution is 7.92. The molecule has 2 aromatic rings. The van der Waals surface area contributed by atoms with E-state index in [1.165, 1.54) is 39.3 Å². The van der Waals surface area contributed by atoms with Crippen LogP contribution in [0.15, 0.2) is 36.4 Å². The number of ether oxygens (including phenoxy) is 2. The van der Waals surface area contributed by atoms with Gasteiger partial charge in [0.2, 0.25) is 15.9 Å². The average molecular weight is 437 g/mol. The van der Waals surface area contributed by atoms with Crippen molar-refractivity contribution in [1.82, 2.24) is 0 Å². The normalized spacial score (nSPS) is 12.0. The van der Waals surface area contributed by atoms with Crippen LogP contribution in [-0.2, 0) is 14.8 Å². The maximum atomic E-state index is 12.9. The van der Waals surface area contributed by atoms with E-state index in [9.17, 15) is 23.3 Å². The number of benzene rings is 2. The summed E-state index contributed by atoms with van der Waals surface area (Å²) in [6.45, 7) is 2.99. The van der Waals surface area contributed by atoms with E-state index in [0.29, 0.717) is 17.1 Å². The lowest BCUT2D eigenvalue weighted by molar-refractivity contribution is -0.384. The molecule has 1 amide bonds. The summed E-state index contributed by atoms with van der Waals surface area (Å²) in [5, 5.41) is 13.8. The molecule has 2 rings (SSSR count).